The van der Waals surface area contributed by atoms with Gasteiger partial charge in [0.25, 0.3) is 0 Å². The fourth-order valence-electron chi connectivity index (χ4n) is 1.97. The van der Waals surface area contributed by atoms with E-state index < -0.39 is 5.97 Å². The maximum absolute atomic E-state index is 12.0. The molecule has 0 atom stereocenters. The minimum absolute atomic E-state index is 0.00415. The number of thiocarbonyl (C=S) groups is 1. The summed E-state index contributed by atoms with van der Waals surface area (Å²) in [5.41, 5.74) is 1.05. The Bertz CT molecular complexity index is 844. The number of rotatable bonds is 4. The smallest absolute Gasteiger partial charge is 0.337 e. The maximum atomic E-state index is 12.0. The van der Waals surface area contributed by atoms with Crippen LogP contribution in [0.1, 0.15) is 15.9 Å². The van der Waals surface area contributed by atoms with Gasteiger partial charge in [-0.2, -0.15) is 0 Å². The molecule has 0 fully saturated rings. The monoisotopic (exact) mass is 504 g/mol. The molecule has 2 aromatic rings. The highest BCUT2D eigenvalue weighted by Crippen LogP contribution is 2.30. The molecule has 3 N–H and O–H groups in total. The molecule has 0 saturated carbocycles. The molecule has 1 amide bonds. The van der Waals surface area contributed by atoms with Gasteiger partial charge >= 0.3 is 5.97 Å². The van der Waals surface area contributed by atoms with Crippen LogP contribution in [0.3, 0.4) is 0 Å². The first-order valence-electron chi connectivity index (χ1n) is 6.84. The lowest BCUT2D eigenvalue weighted by atomic mass is 10.1. The van der Waals surface area contributed by atoms with Crippen LogP contribution in [-0.2, 0) is 11.2 Å². The third-order valence-corrected chi connectivity index (χ3v) is 4.59. The van der Waals surface area contributed by atoms with Gasteiger partial charge in [0.15, 0.2) is 5.11 Å². The predicted octanol–water partition coefficient (Wildman–Crippen LogP) is 4.62. The summed E-state index contributed by atoms with van der Waals surface area (Å²) in [5, 5.41) is 15.2. The number of amides is 1. The van der Waals surface area contributed by atoms with E-state index in [0.29, 0.717) is 14.0 Å². The van der Waals surface area contributed by atoms with Crippen LogP contribution in [0.5, 0.6) is 0 Å². The number of aromatic carboxylic acids is 1. The van der Waals surface area contributed by atoms with Crippen LogP contribution >= 0.6 is 55.7 Å². The van der Waals surface area contributed by atoms with Crippen molar-refractivity contribution in [2.45, 2.75) is 6.42 Å². The second-order valence-corrected chi connectivity index (χ2v) is 7.54. The van der Waals surface area contributed by atoms with E-state index in [1.54, 1.807) is 30.3 Å². The minimum Gasteiger partial charge on any atom is -0.478 e. The zero-order valence-corrected chi connectivity index (χ0v) is 17.2. The lowest BCUT2D eigenvalue weighted by Crippen LogP contribution is -2.35. The molecule has 0 aliphatic carbocycles. The van der Waals surface area contributed by atoms with Gasteiger partial charge in [-0.25, -0.2) is 4.79 Å². The number of carbonyl (C=O) groups is 2. The molecule has 0 heterocycles. The number of hydrogen-bond donors (Lipinski definition) is 3. The summed E-state index contributed by atoms with van der Waals surface area (Å²) in [7, 11) is 0. The first-order valence-corrected chi connectivity index (χ1v) is 9.21. The van der Waals surface area contributed by atoms with Crippen molar-refractivity contribution in [2.75, 3.05) is 5.32 Å². The van der Waals surface area contributed by atoms with Gasteiger partial charge in [-0.15, -0.1) is 0 Å². The summed E-state index contributed by atoms with van der Waals surface area (Å²) in [6, 6.07) is 9.98. The Hall–Kier alpha value is -1.48. The molecule has 0 bridgehead atoms. The van der Waals surface area contributed by atoms with Crippen molar-refractivity contribution in [1.29, 1.82) is 0 Å². The van der Waals surface area contributed by atoms with Crippen LogP contribution in [0.2, 0.25) is 5.02 Å². The Morgan fingerprint density at radius 3 is 2.40 bits per heavy atom. The van der Waals surface area contributed by atoms with E-state index in [9.17, 15) is 14.7 Å². The number of nitrogens with one attached hydrogen (secondary N) is 2. The predicted molar refractivity (Wildman–Crippen MR) is 108 cm³/mol. The molecule has 0 aliphatic heterocycles. The van der Waals surface area contributed by atoms with Crippen LogP contribution in [0.4, 0.5) is 5.69 Å². The summed E-state index contributed by atoms with van der Waals surface area (Å²) in [4.78, 5) is 23.4. The molecule has 0 saturated heterocycles. The van der Waals surface area contributed by atoms with Crippen molar-refractivity contribution in [2.24, 2.45) is 0 Å². The Labute approximate surface area is 171 Å². The highest BCUT2D eigenvalue weighted by atomic mass is 79.9. The maximum Gasteiger partial charge on any atom is 0.337 e. The first-order chi connectivity index (χ1) is 11.8. The average Bonchev–Trinajstić information content (AvgIpc) is 2.51. The van der Waals surface area contributed by atoms with E-state index in [1.807, 2.05) is 0 Å². The summed E-state index contributed by atoms with van der Waals surface area (Å²) >= 11 is 17.4. The second kappa shape index (κ2) is 8.75. The van der Waals surface area contributed by atoms with Crippen molar-refractivity contribution in [1.82, 2.24) is 5.32 Å². The van der Waals surface area contributed by atoms with E-state index in [1.165, 1.54) is 6.07 Å². The first kappa shape index (κ1) is 19.8. The summed E-state index contributed by atoms with van der Waals surface area (Å²) < 4.78 is 1.09. The van der Waals surface area contributed by atoms with Gasteiger partial charge in [-0.1, -0.05) is 39.7 Å². The molecule has 130 valence electrons. The van der Waals surface area contributed by atoms with Crippen molar-refractivity contribution in [3.63, 3.8) is 0 Å². The minimum atomic E-state index is -1.13. The van der Waals surface area contributed by atoms with Crippen molar-refractivity contribution in [3.05, 3.63) is 61.5 Å². The van der Waals surface area contributed by atoms with Crippen molar-refractivity contribution < 1.29 is 14.7 Å². The van der Waals surface area contributed by atoms with E-state index in [4.69, 9.17) is 23.8 Å². The molecule has 9 heteroatoms. The van der Waals surface area contributed by atoms with Crippen LogP contribution < -0.4 is 10.6 Å². The molecule has 0 aliphatic rings. The van der Waals surface area contributed by atoms with Gasteiger partial charge in [0.2, 0.25) is 5.91 Å². The molecule has 0 radical (unpaired) electrons. The molecule has 0 aromatic heterocycles. The summed E-state index contributed by atoms with van der Waals surface area (Å²) in [6.45, 7) is 0. The van der Waals surface area contributed by atoms with Gasteiger partial charge in [0.1, 0.15) is 0 Å². The quantitative estimate of drug-likeness (QED) is 0.528. The third kappa shape index (κ3) is 5.78. The molecular weight excluding hydrogens is 496 g/mol. The van der Waals surface area contributed by atoms with E-state index in [2.05, 4.69) is 42.5 Å². The number of hydrogen-bond acceptors (Lipinski definition) is 3. The third-order valence-electron chi connectivity index (χ3n) is 3.05. The Morgan fingerprint density at radius 2 is 1.80 bits per heavy atom. The number of carbonyl (C=O) groups excluding carboxylic acids is 1. The fourth-order valence-corrected chi connectivity index (χ4v) is 3.64. The largest absolute Gasteiger partial charge is 0.478 e. The Balaban J connectivity index is 2.06. The SMILES string of the molecule is O=C(Cc1ccc(Cl)cc1)NC(=S)Nc1c(Br)cc(Br)cc1C(=O)O. The topological polar surface area (TPSA) is 78.4 Å². The molecule has 25 heavy (non-hydrogen) atoms. The lowest BCUT2D eigenvalue weighted by Gasteiger charge is -2.14. The van der Waals surface area contributed by atoms with Crippen LogP contribution in [-0.4, -0.2) is 22.1 Å². The lowest BCUT2D eigenvalue weighted by molar-refractivity contribution is -0.119. The highest BCUT2D eigenvalue weighted by molar-refractivity contribution is 9.11. The number of carboxylic acids is 1. The van der Waals surface area contributed by atoms with E-state index >= 15 is 0 Å². The van der Waals surface area contributed by atoms with Gasteiger partial charge in [0, 0.05) is 14.0 Å². The van der Waals surface area contributed by atoms with Crippen molar-refractivity contribution >= 4 is 78.4 Å². The zero-order valence-electron chi connectivity index (χ0n) is 12.5. The van der Waals surface area contributed by atoms with Gasteiger partial charge in [0.05, 0.1) is 17.7 Å². The van der Waals surface area contributed by atoms with E-state index in [0.717, 1.165) is 5.56 Å². The Kier molecular flexibility index (Phi) is 6.95. The zero-order chi connectivity index (χ0) is 18.6. The van der Waals surface area contributed by atoms with Gasteiger partial charge in [-0.05, 0) is 58.0 Å². The molecule has 0 unspecified atom stereocenters. The molecule has 0 spiro atoms. The average molecular weight is 507 g/mol. The van der Waals surface area contributed by atoms with Gasteiger partial charge in [-0.3, -0.25) is 4.79 Å². The fraction of sp³-hybridized carbons (Fsp3) is 0.0625. The number of benzene rings is 2. The second-order valence-electron chi connectivity index (χ2n) is 4.92. The molecule has 5 nitrogen and oxygen atoms in total. The van der Waals surface area contributed by atoms with Crippen LogP contribution in [0, 0.1) is 0 Å². The Morgan fingerprint density at radius 1 is 1.16 bits per heavy atom. The number of halogens is 3. The molecule has 2 rings (SSSR count). The molecular formula is C16H11Br2ClN2O3S. The van der Waals surface area contributed by atoms with Gasteiger partial charge < -0.3 is 15.7 Å². The summed E-state index contributed by atoms with van der Waals surface area (Å²) in [6.07, 6.45) is 0.117. The highest BCUT2D eigenvalue weighted by Gasteiger charge is 2.16. The van der Waals surface area contributed by atoms with Crippen LogP contribution in [0.25, 0.3) is 0 Å². The van der Waals surface area contributed by atoms with E-state index in [-0.39, 0.29) is 28.7 Å². The standard InChI is InChI=1S/C16H11Br2ClN2O3S/c17-9-6-11(15(23)24)14(12(18)7-9)21-16(25)20-13(22)5-8-1-3-10(19)4-2-8/h1-4,6-7H,5H2,(H,23,24)(H2,20,21,22,25). The number of anilines is 1. The van der Waals surface area contributed by atoms with Crippen molar-refractivity contribution in [3.8, 4) is 0 Å². The van der Waals surface area contributed by atoms with Crippen LogP contribution in [0.15, 0.2) is 45.3 Å². The molecule has 2 aromatic carbocycles. The summed E-state index contributed by atoms with van der Waals surface area (Å²) in [5.74, 6) is -1.45. The normalized spacial score (nSPS) is 10.2. The number of carboxylic acid groups (broad SMARTS) is 1.